The van der Waals surface area contributed by atoms with Gasteiger partial charge in [-0.2, -0.15) is 0 Å². The van der Waals surface area contributed by atoms with Gasteiger partial charge in [-0.05, 0) is 35.2 Å². The van der Waals surface area contributed by atoms with Crippen molar-refractivity contribution in [2.75, 3.05) is 6.54 Å². The summed E-state index contributed by atoms with van der Waals surface area (Å²) in [5, 5.41) is 13.3. The van der Waals surface area contributed by atoms with Crippen molar-refractivity contribution in [2.45, 2.75) is 11.4 Å². The summed E-state index contributed by atoms with van der Waals surface area (Å²) < 4.78 is 32.6. The number of rotatable bonds is 7. The first-order chi connectivity index (χ1) is 11.9. The van der Waals surface area contributed by atoms with E-state index in [0.717, 1.165) is 0 Å². The molecule has 1 atom stereocenters. The van der Waals surface area contributed by atoms with Crippen LogP contribution in [-0.4, -0.2) is 20.1 Å². The molecule has 25 heavy (non-hydrogen) atoms. The Kier molecular flexibility index (Phi) is 5.31. The first-order valence-corrected chi connectivity index (χ1v) is 10.3. The molecule has 132 valence electrons. The molecular formula is C17H16ClNO4S2. The molecule has 0 radical (unpaired) electrons. The summed E-state index contributed by atoms with van der Waals surface area (Å²) in [5.41, 5.74) is -1.08. The summed E-state index contributed by atoms with van der Waals surface area (Å²) >= 11 is 7.35. The van der Waals surface area contributed by atoms with Crippen molar-refractivity contribution < 1.29 is 17.9 Å². The van der Waals surface area contributed by atoms with Crippen molar-refractivity contribution in [3.05, 3.63) is 81.4 Å². The number of sulfonamides is 1. The predicted molar refractivity (Wildman–Crippen MR) is 98.1 cm³/mol. The van der Waals surface area contributed by atoms with Crippen molar-refractivity contribution in [2.24, 2.45) is 0 Å². The number of nitrogens with one attached hydrogen (secondary N) is 1. The van der Waals surface area contributed by atoms with Crippen molar-refractivity contribution in [3.8, 4) is 0 Å². The maximum Gasteiger partial charge on any atom is 0.215 e. The van der Waals surface area contributed by atoms with Crippen molar-refractivity contribution in [3.63, 3.8) is 0 Å². The van der Waals surface area contributed by atoms with E-state index < -0.39 is 15.6 Å². The monoisotopic (exact) mass is 397 g/mol. The molecule has 3 rings (SSSR count). The number of hydrogen-bond acceptors (Lipinski definition) is 5. The lowest BCUT2D eigenvalue weighted by Gasteiger charge is -2.25. The second kappa shape index (κ2) is 7.31. The zero-order valence-corrected chi connectivity index (χ0v) is 15.4. The number of hydrogen-bond donors (Lipinski definition) is 2. The van der Waals surface area contributed by atoms with E-state index in [1.807, 2.05) is 5.38 Å². The van der Waals surface area contributed by atoms with Gasteiger partial charge in [-0.15, -0.1) is 11.3 Å². The highest BCUT2D eigenvalue weighted by Gasteiger charge is 2.36. The Labute approximate surface area is 154 Å². The van der Waals surface area contributed by atoms with Gasteiger partial charge in [0.15, 0.2) is 5.60 Å². The molecule has 0 aliphatic carbocycles. The summed E-state index contributed by atoms with van der Waals surface area (Å²) in [6.07, 6.45) is 1.44. The third-order valence-electron chi connectivity index (χ3n) is 3.71. The highest BCUT2D eigenvalue weighted by Crippen LogP contribution is 2.33. The average Bonchev–Trinajstić information content (AvgIpc) is 3.28. The van der Waals surface area contributed by atoms with E-state index in [1.165, 1.54) is 17.6 Å². The molecule has 2 N–H and O–H groups in total. The van der Waals surface area contributed by atoms with Crippen LogP contribution >= 0.6 is 22.9 Å². The second-order valence-corrected chi connectivity index (χ2v) is 8.65. The van der Waals surface area contributed by atoms with Crippen LogP contribution < -0.4 is 4.72 Å². The molecule has 0 bridgehead atoms. The fourth-order valence-corrected chi connectivity index (χ4v) is 4.71. The number of aliphatic hydroxyl groups is 1. The number of benzene rings is 1. The summed E-state index contributed by atoms with van der Waals surface area (Å²) in [5.74, 6) is 0.00104. The maximum atomic E-state index is 12.4. The van der Waals surface area contributed by atoms with Crippen LogP contribution in [0, 0.1) is 0 Å². The van der Waals surface area contributed by atoms with Crippen molar-refractivity contribution in [1.82, 2.24) is 4.72 Å². The number of furan rings is 1. The van der Waals surface area contributed by atoms with Gasteiger partial charge in [0.05, 0.1) is 18.6 Å². The summed E-state index contributed by atoms with van der Waals surface area (Å²) in [7, 11) is -3.70. The predicted octanol–water partition coefficient (Wildman–Crippen LogP) is 3.35. The molecule has 3 aromatic rings. The SMILES string of the molecule is O=S(=O)(Cc1ccccc1Cl)NCC(O)(c1ccco1)c1cccs1. The van der Waals surface area contributed by atoms with Gasteiger partial charge in [0.2, 0.25) is 10.0 Å². The molecule has 0 amide bonds. The van der Waals surface area contributed by atoms with Crippen LogP contribution in [0.4, 0.5) is 0 Å². The normalized spacial score (nSPS) is 14.3. The summed E-state index contributed by atoms with van der Waals surface area (Å²) in [6.45, 7) is -0.242. The minimum atomic E-state index is -3.70. The molecule has 2 heterocycles. The van der Waals surface area contributed by atoms with E-state index in [0.29, 0.717) is 15.5 Å². The Morgan fingerprint density at radius 3 is 2.60 bits per heavy atom. The van der Waals surface area contributed by atoms with Crippen LogP contribution in [0.15, 0.2) is 64.6 Å². The van der Waals surface area contributed by atoms with Gasteiger partial charge in [-0.25, -0.2) is 13.1 Å². The summed E-state index contributed by atoms with van der Waals surface area (Å²) in [6, 6.07) is 13.5. The highest BCUT2D eigenvalue weighted by molar-refractivity contribution is 7.88. The molecule has 0 fully saturated rings. The molecule has 8 heteroatoms. The topological polar surface area (TPSA) is 79.5 Å². The van der Waals surface area contributed by atoms with E-state index in [9.17, 15) is 13.5 Å². The number of thiophene rings is 1. The molecule has 0 saturated carbocycles. The minimum absolute atomic E-state index is 0.242. The molecule has 0 aliphatic heterocycles. The van der Waals surface area contributed by atoms with Crippen LogP contribution in [0.25, 0.3) is 0 Å². The van der Waals surface area contributed by atoms with Crippen molar-refractivity contribution >= 4 is 33.0 Å². The molecule has 0 saturated heterocycles. The smallest absolute Gasteiger partial charge is 0.215 e. The second-order valence-electron chi connectivity index (χ2n) is 5.49. The van der Waals surface area contributed by atoms with E-state index in [-0.39, 0.29) is 18.1 Å². The Balaban J connectivity index is 1.81. The number of halogens is 1. The fourth-order valence-electron chi connectivity index (χ4n) is 2.41. The van der Waals surface area contributed by atoms with E-state index in [4.69, 9.17) is 16.0 Å². The van der Waals surface area contributed by atoms with E-state index in [2.05, 4.69) is 4.72 Å². The van der Waals surface area contributed by atoms with Gasteiger partial charge in [-0.3, -0.25) is 0 Å². The Morgan fingerprint density at radius 1 is 1.16 bits per heavy atom. The Bertz CT molecular complexity index is 887. The molecule has 2 aromatic heterocycles. The Hall–Kier alpha value is -1.64. The van der Waals surface area contributed by atoms with Crippen LogP contribution in [0.2, 0.25) is 5.02 Å². The standard InChI is InChI=1S/C17H16ClNO4S2/c18-14-6-2-1-5-13(14)11-25(21,22)19-12-17(20,15-7-3-9-23-15)16-8-4-10-24-16/h1-10,19-20H,11-12H2. The first-order valence-electron chi connectivity index (χ1n) is 7.42. The lowest BCUT2D eigenvalue weighted by Crippen LogP contribution is -2.41. The lowest BCUT2D eigenvalue weighted by molar-refractivity contribution is 0.0655. The molecule has 0 aliphatic rings. The van der Waals surface area contributed by atoms with E-state index >= 15 is 0 Å². The zero-order chi connectivity index (χ0) is 17.9. The first kappa shape index (κ1) is 18.2. The summed E-state index contributed by atoms with van der Waals surface area (Å²) in [4.78, 5) is 0.586. The van der Waals surface area contributed by atoms with Crippen LogP contribution in [0.1, 0.15) is 16.2 Å². The minimum Gasteiger partial charge on any atom is -0.466 e. The Morgan fingerprint density at radius 2 is 1.96 bits per heavy atom. The van der Waals surface area contributed by atoms with E-state index in [1.54, 1.807) is 48.5 Å². The quantitative estimate of drug-likeness (QED) is 0.640. The largest absolute Gasteiger partial charge is 0.466 e. The molecule has 1 unspecified atom stereocenters. The molecular weight excluding hydrogens is 382 g/mol. The third kappa shape index (κ3) is 4.13. The third-order valence-corrected chi connectivity index (χ3v) is 6.37. The van der Waals surface area contributed by atoms with Crippen LogP contribution in [0.5, 0.6) is 0 Å². The van der Waals surface area contributed by atoms with Crippen LogP contribution in [-0.2, 0) is 21.4 Å². The molecule has 0 spiro atoms. The van der Waals surface area contributed by atoms with Gasteiger partial charge < -0.3 is 9.52 Å². The van der Waals surface area contributed by atoms with Gasteiger partial charge >= 0.3 is 0 Å². The molecule has 5 nitrogen and oxygen atoms in total. The van der Waals surface area contributed by atoms with Crippen molar-refractivity contribution in [1.29, 1.82) is 0 Å². The van der Waals surface area contributed by atoms with Gasteiger partial charge in [-0.1, -0.05) is 35.9 Å². The average molecular weight is 398 g/mol. The fraction of sp³-hybridized carbons (Fsp3) is 0.176. The van der Waals surface area contributed by atoms with Gasteiger partial charge in [0.25, 0.3) is 0 Å². The lowest BCUT2D eigenvalue weighted by atomic mass is 9.99. The van der Waals surface area contributed by atoms with Crippen LogP contribution in [0.3, 0.4) is 0 Å². The van der Waals surface area contributed by atoms with Gasteiger partial charge in [0.1, 0.15) is 5.76 Å². The highest BCUT2D eigenvalue weighted by atomic mass is 35.5. The molecule has 1 aromatic carbocycles. The maximum absolute atomic E-state index is 12.4. The van der Waals surface area contributed by atoms with Gasteiger partial charge in [0, 0.05) is 9.90 Å². The zero-order valence-electron chi connectivity index (χ0n) is 13.1.